The monoisotopic (exact) mass is 289 g/mol. The lowest BCUT2D eigenvalue weighted by molar-refractivity contribution is 0.249. The molecule has 0 spiro atoms. The van der Waals surface area contributed by atoms with E-state index in [-0.39, 0.29) is 12.6 Å². The Morgan fingerprint density at radius 3 is 2.90 bits per heavy atom. The second-order valence-electron chi connectivity index (χ2n) is 4.76. The lowest BCUT2D eigenvalue weighted by Crippen LogP contribution is -2.28. The van der Waals surface area contributed by atoms with Crippen molar-refractivity contribution in [3.8, 4) is 5.88 Å². The number of carbonyl (C=O) groups is 1. The highest BCUT2D eigenvalue weighted by Gasteiger charge is 2.25. The molecule has 2 aromatic heterocycles. The van der Waals surface area contributed by atoms with E-state index in [0.717, 1.165) is 5.69 Å². The normalized spacial score (nSPS) is 13.8. The number of amides is 2. The Morgan fingerprint density at radius 2 is 2.29 bits per heavy atom. The molecule has 0 aliphatic heterocycles. The van der Waals surface area contributed by atoms with E-state index in [4.69, 9.17) is 9.26 Å². The standard InChI is InChI=1S/C13H15N5O3/c1-20-12-6-9(21-18-12)7-14-13(19)15-11-5-4-10(16-17-11)8-2-3-8/h4-6,8H,2-3,7H2,1H3,(H2,14,15,17,19). The number of rotatable bonds is 5. The lowest BCUT2D eigenvalue weighted by Gasteiger charge is -2.05. The van der Waals surface area contributed by atoms with Gasteiger partial charge in [-0.2, -0.15) is 5.10 Å². The summed E-state index contributed by atoms with van der Waals surface area (Å²) in [5, 5.41) is 16.9. The third-order valence-electron chi connectivity index (χ3n) is 3.09. The van der Waals surface area contributed by atoms with E-state index in [1.54, 1.807) is 12.1 Å². The van der Waals surface area contributed by atoms with Gasteiger partial charge in [0.25, 0.3) is 5.88 Å². The zero-order valence-corrected chi connectivity index (χ0v) is 11.5. The van der Waals surface area contributed by atoms with Crippen molar-refractivity contribution in [3.63, 3.8) is 0 Å². The minimum absolute atomic E-state index is 0.204. The van der Waals surface area contributed by atoms with Gasteiger partial charge in [0.15, 0.2) is 11.6 Å². The Labute approximate surface area is 120 Å². The number of anilines is 1. The molecule has 1 aliphatic rings. The predicted molar refractivity (Wildman–Crippen MR) is 72.9 cm³/mol. The fourth-order valence-corrected chi connectivity index (χ4v) is 1.81. The second kappa shape index (κ2) is 5.78. The molecule has 8 heteroatoms. The Morgan fingerprint density at radius 1 is 1.43 bits per heavy atom. The van der Waals surface area contributed by atoms with Crippen molar-refractivity contribution in [2.45, 2.75) is 25.3 Å². The largest absolute Gasteiger partial charge is 0.479 e. The molecule has 0 saturated heterocycles. The topological polar surface area (TPSA) is 102 Å². The van der Waals surface area contributed by atoms with Crippen molar-refractivity contribution in [2.24, 2.45) is 0 Å². The highest BCUT2D eigenvalue weighted by atomic mass is 16.5. The zero-order chi connectivity index (χ0) is 14.7. The summed E-state index contributed by atoms with van der Waals surface area (Å²) in [4.78, 5) is 11.7. The Kier molecular flexibility index (Phi) is 3.67. The smallest absolute Gasteiger partial charge is 0.320 e. The van der Waals surface area contributed by atoms with Gasteiger partial charge >= 0.3 is 6.03 Å². The molecule has 1 aliphatic carbocycles. The van der Waals surface area contributed by atoms with Crippen LogP contribution in [0.3, 0.4) is 0 Å². The van der Waals surface area contributed by atoms with E-state index in [1.165, 1.54) is 20.0 Å². The first-order chi connectivity index (χ1) is 10.2. The van der Waals surface area contributed by atoms with Gasteiger partial charge in [0, 0.05) is 12.0 Å². The maximum absolute atomic E-state index is 11.7. The molecule has 1 saturated carbocycles. The summed E-state index contributed by atoms with van der Waals surface area (Å²) in [5.74, 6) is 1.82. The molecule has 3 rings (SSSR count). The van der Waals surface area contributed by atoms with Crippen molar-refractivity contribution in [1.29, 1.82) is 0 Å². The van der Waals surface area contributed by atoms with Crippen LogP contribution in [-0.4, -0.2) is 28.5 Å². The molecular formula is C13H15N5O3. The summed E-state index contributed by atoms with van der Waals surface area (Å²) in [5.41, 5.74) is 0.981. The molecule has 110 valence electrons. The molecule has 8 nitrogen and oxygen atoms in total. The van der Waals surface area contributed by atoms with Gasteiger partial charge in [-0.15, -0.1) is 5.10 Å². The number of nitrogens with zero attached hydrogens (tertiary/aromatic N) is 3. The van der Waals surface area contributed by atoms with Crippen LogP contribution in [0.1, 0.15) is 30.2 Å². The molecule has 2 N–H and O–H groups in total. The fraction of sp³-hybridized carbons (Fsp3) is 0.385. The highest BCUT2D eigenvalue weighted by molar-refractivity contribution is 5.87. The number of urea groups is 1. The molecule has 2 heterocycles. The molecule has 21 heavy (non-hydrogen) atoms. The van der Waals surface area contributed by atoms with E-state index in [0.29, 0.717) is 23.4 Å². The minimum Gasteiger partial charge on any atom is -0.479 e. The zero-order valence-electron chi connectivity index (χ0n) is 11.5. The summed E-state index contributed by atoms with van der Waals surface area (Å²) in [6.07, 6.45) is 2.34. The molecule has 1 fully saturated rings. The first-order valence-electron chi connectivity index (χ1n) is 6.62. The predicted octanol–water partition coefficient (Wildman–Crippen LogP) is 1.67. The summed E-state index contributed by atoms with van der Waals surface area (Å²) in [7, 11) is 1.49. The number of hydrogen-bond acceptors (Lipinski definition) is 6. The van der Waals surface area contributed by atoms with Crippen molar-refractivity contribution < 1.29 is 14.1 Å². The quantitative estimate of drug-likeness (QED) is 0.868. The maximum Gasteiger partial charge on any atom is 0.320 e. The van der Waals surface area contributed by atoms with Crippen LogP contribution < -0.4 is 15.4 Å². The van der Waals surface area contributed by atoms with E-state index < -0.39 is 0 Å². The molecule has 2 amide bonds. The van der Waals surface area contributed by atoms with Crippen molar-refractivity contribution in [2.75, 3.05) is 12.4 Å². The fourth-order valence-electron chi connectivity index (χ4n) is 1.81. The van der Waals surface area contributed by atoms with Crippen molar-refractivity contribution in [1.82, 2.24) is 20.7 Å². The number of nitrogens with one attached hydrogen (secondary N) is 2. The summed E-state index contributed by atoms with van der Waals surface area (Å²) in [6, 6.07) is 4.85. The third-order valence-corrected chi connectivity index (χ3v) is 3.09. The van der Waals surface area contributed by atoms with Gasteiger partial charge in [0.2, 0.25) is 0 Å². The molecule has 0 unspecified atom stereocenters. The van der Waals surface area contributed by atoms with Crippen LogP contribution in [0.2, 0.25) is 0 Å². The van der Waals surface area contributed by atoms with Gasteiger partial charge in [-0.05, 0) is 30.1 Å². The summed E-state index contributed by atoms with van der Waals surface area (Å²) >= 11 is 0. The molecule has 2 aromatic rings. The SMILES string of the molecule is COc1cc(CNC(=O)Nc2ccc(C3CC3)nn2)on1. The van der Waals surface area contributed by atoms with Gasteiger partial charge in [-0.25, -0.2) is 4.79 Å². The summed E-state index contributed by atoms with van der Waals surface area (Å²) in [6.45, 7) is 0.204. The van der Waals surface area contributed by atoms with E-state index in [9.17, 15) is 4.79 Å². The van der Waals surface area contributed by atoms with Gasteiger partial charge in [-0.1, -0.05) is 0 Å². The molecule has 0 bridgehead atoms. The van der Waals surface area contributed by atoms with Crippen LogP contribution in [-0.2, 0) is 6.54 Å². The van der Waals surface area contributed by atoms with Gasteiger partial charge < -0.3 is 14.6 Å². The lowest BCUT2D eigenvalue weighted by atomic mass is 10.3. The minimum atomic E-state index is -0.390. The molecule has 0 radical (unpaired) electrons. The Bertz CT molecular complexity index is 621. The number of carbonyl (C=O) groups excluding carboxylic acids is 1. The van der Waals surface area contributed by atoms with Crippen LogP contribution in [0.25, 0.3) is 0 Å². The van der Waals surface area contributed by atoms with Gasteiger partial charge in [0.05, 0.1) is 19.3 Å². The number of methoxy groups -OCH3 is 1. The molecular weight excluding hydrogens is 274 g/mol. The average molecular weight is 289 g/mol. The van der Waals surface area contributed by atoms with Crippen molar-refractivity contribution in [3.05, 3.63) is 29.7 Å². The number of hydrogen-bond donors (Lipinski definition) is 2. The first kappa shape index (κ1) is 13.3. The highest BCUT2D eigenvalue weighted by Crippen LogP contribution is 2.38. The van der Waals surface area contributed by atoms with E-state index in [1.807, 2.05) is 6.07 Å². The van der Waals surface area contributed by atoms with Crippen LogP contribution >= 0.6 is 0 Å². The van der Waals surface area contributed by atoms with Crippen LogP contribution in [0.4, 0.5) is 10.6 Å². The Hall–Kier alpha value is -2.64. The maximum atomic E-state index is 11.7. The van der Waals surface area contributed by atoms with Gasteiger partial charge in [-0.3, -0.25) is 5.32 Å². The van der Waals surface area contributed by atoms with E-state index in [2.05, 4.69) is 26.0 Å². The van der Waals surface area contributed by atoms with Crippen molar-refractivity contribution >= 4 is 11.8 Å². The summed E-state index contributed by atoms with van der Waals surface area (Å²) < 4.78 is 9.84. The molecule has 0 aromatic carbocycles. The van der Waals surface area contributed by atoms with Crippen LogP contribution in [0, 0.1) is 0 Å². The number of ether oxygens (including phenoxy) is 1. The average Bonchev–Trinajstić information content (AvgIpc) is 3.25. The van der Waals surface area contributed by atoms with Crippen LogP contribution in [0.5, 0.6) is 5.88 Å². The number of aromatic nitrogens is 3. The third kappa shape index (κ3) is 3.47. The van der Waals surface area contributed by atoms with Crippen LogP contribution in [0.15, 0.2) is 22.7 Å². The molecule has 0 atom stereocenters. The second-order valence-corrected chi connectivity index (χ2v) is 4.76. The van der Waals surface area contributed by atoms with Gasteiger partial charge in [0.1, 0.15) is 0 Å². The first-order valence-corrected chi connectivity index (χ1v) is 6.62. The Balaban J connectivity index is 1.48. The van der Waals surface area contributed by atoms with E-state index >= 15 is 0 Å².